The molecule has 2 aliphatic heterocycles. The average molecular weight is 617 g/mol. The number of nitrogens with two attached hydrogens (primary N) is 1. The van der Waals surface area contributed by atoms with E-state index in [-0.39, 0.29) is 47.9 Å². The molecule has 1 aromatic heterocycles. The molecular weight excluding hydrogens is 581 g/mol. The maximum absolute atomic E-state index is 13.2. The highest BCUT2D eigenvalue weighted by atomic mass is 35.5. The molecule has 216 valence electrons. The van der Waals surface area contributed by atoms with Gasteiger partial charge in [0.05, 0.1) is 6.54 Å². The summed E-state index contributed by atoms with van der Waals surface area (Å²) in [6.07, 6.45) is -0.920. The fraction of sp³-hybridized carbons (Fsp3) is 0.714. The van der Waals surface area contributed by atoms with Crippen LogP contribution in [-0.2, 0) is 30.3 Å². The first-order valence-corrected chi connectivity index (χ1v) is 13.7. The number of fused-ring (bicyclic) bond motifs is 1. The molecule has 1 aromatic rings. The van der Waals surface area contributed by atoms with Gasteiger partial charge in [-0.3, -0.25) is 9.69 Å². The highest BCUT2D eigenvalue weighted by Crippen LogP contribution is 2.41. The smallest absolute Gasteiger partial charge is 0.431 e. The molecule has 4 atom stereocenters. The monoisotopic (exact) mass is 615 g/mol. The number of hydrogen-bond acceptors (Lipinski definition) is 13. The zero-order chi connectivity index (χ0) is 26.4. The van der Waals surface area contributed by atoms with Crippen molar-refractivity contribution in [1.82, 2.24) is 30.0 Å². The van der Waals surface area contributed by atoms with E-state index in [1.54, 1.807) is 11.6 Å². The van der Waals surface area contributed by atoms with Gasteiger partial charge in [0.1, 0.15) is 23.2 Å². The van der Waals surface area contributed by atoms with Crippen LogP contribution in [0.3, 0.4) is 0 Å². The molecule has 0 aliphatic carbocycles. The van der Waals surface area contributed by atoms with Crippen LogP contribution in [0, 0.1) is 0 Å². The van der Waals surface area contributed by atoms with Gasteiger partial charge in [-0.25, -0.2) is 14.3 Å². The van der Waals surface area contributed by atoms with E-state index in [2.05, 4.69) is 15.5 Å². The van der Waals surface area contributed by atoms with Crippen LogP contribution < -0.4 is 5.73 Å². The van der Waals surface area contributed by atoms with Crippen LogP contribution in [0.25, 0.3) is 0 Å². The number of carbonyl (C=O) groups is 3. The van der Waals surface area contributed by atoms with Crippen molar-refractivity contribution in [3.05, 3.63) is 11.3 Å². The van der Waals surface area contributed by atoms with Crippen LogP contribution in [-0.4, -0.2) is 104 Å². The van der Waals surface area contributed by atoms with E-state index in [9.17, 15) is 14.4 Å². The number of rotatable bonds is 12. The van der Waals surface area contributed by atoms with Crippen molar-refractivity contribution in [3.63, 3.8) is 0 Å². The molecule has 1 saturated heterocycles. The van der Waals surface area contributed by atoms with Crippen LogP contribution in [0.2, 0.25) is 0 Å². The van der Waals surface area contributed by atoms with Gasteiger partial charge in [-0.2, -0.15) is 0 Å². The number of amides is 1. The van der Waals surface area contributed by atoms with Gasteiger partial charge >= 0.3 is 12.1 Å². The van der Waals surface area contributed by atoms with Crippen LogP contribution >= 0.6 is 48.3 Å². The van der Waals surface area contributed by atoms with E-state index in [1.165, 1.54) is 35.3 Å². The SMILES string of the molecule is CCCC(C)OC(=O)OC(C)OC(=O)C1=C(CSc2nnnn2CCN(C)C)CS[C@@H]2[C@H](N)C(=O)N12.Cl.Cl. The third-order valence-corrected chi connectivity index (χ3v) is 7.85. The minimum absolute atomic E-state index is 0. The quantitative estimate of drug-likeness (QED) is 0.157. The maximum atomic E-state index is 13.2. The van der Waals surface area contributed by atoms with Crippen molar-refractivity contribution in [2.24, 2.45) is 5.73 Å². The van der Waals surface area contributed by atoms with Crippen molar-refractivity contribution < 1.29 is 28.6 Å². The number of halogens is 2. The first kappa shape index (κ1) is 34.2. The van der Waals surface area contributed by atoms with Crippen LogP contribution in [0.1, 0.15) is 33.6 Å². The second kappa shape index (κ2) is 15.7. The van der Waals surface area contributed by atoms with E-state index in [0.29, 0.717) is 35.2 Å². The number of nitrogens with zero attached hydrogens (tertiary/aromatic N) is 6. The Labute approximate surface area is 242 Å². The lowest BCUT2D eigenvalue weighted by atomic mass is 10.0. The second-order valence-corrected chi connectivity index (χ2v) is 10.8. The standard InChI is InChI=1S/C21H33N7O6S2.2ClH/c1-6-7-12(2)32-21(31)34-13(3)33-19(30)16-14(10-35-18-15(22)17(29)28(16)18)11-36-20-23-24-25-27(20)9-8-26(4)5;;/h12-13,15,18H,6-11,22H2,1-5H3;2*1H/t12?,13?,15-,18-;;/m1../s1. The van der Waals surface area contributed by atoms with Gasteiger partial charge in [-0.1, -0.05) is 25.1 Å². The predicted octanol–water partition coefficient (Wildman–Crippen LogP) is 1.90. The molecule has 0 bridgehead atoms. The number of aromatic nitrogens is 4. The van der Waals surface area contributed by atoms with E-state index >= 15 is 0 Å². The molecule has 2 N–H and O–H groups in total. The first-order valence-electron chi connectivity index (χ1n) is 11.7. The number of β-lactam (4-membered cyclic amide) rings is 1. The molecule has 38 heavy (non-hydrogen) atoms. The highest BCUT2D eigenvalue weighted by Gasteiger charge is 2.52. The minimum atomic E-state index is -1.21. The van der Waals surface area contributed by atoms with E-state index in [4.69, 9.17) is 19.9 Å². The maximum Gasteiger partial charge on any atom is 0.511 e. The lowest BCUT2D eigenvalue weighted by Crippen LogP contribution is -2.68. The van der Waals surface area contributed by atoms with Crippen LogP contribution in [0.5, 0.6) is 0 Å². The minimum Gasteiger partial charge on any atom is -0.431 e. The topological polar surface area (TPSA) is 155 Å². The predicted molar refractivity (Wildman–Crippen MR) is 147 cm³/mol. The Bertz CT molecular complexity index is 999. The van der Waals surface area contributed by atoms with Crippen LogP contribution in [0.15, 0.2) is 16.4 Å². The Balaban J connectivity index is 0.00000361. The lowest BCUT2D eigenvalue weighted by molar-refractivity contribution is -0.169. The molecule has 3 rings (SSSR count). The summed E-state index contributed by atoms with van der Waals surface area (Å²) >= 11 is 2.84. The molecule has 2 aliphatic rings. The number of ether oxygens (including phenoxy) is 3. The third kappa shape index (κ3) is 8.61. The third-order valence-electron chi connectivity index (χ3n) is 5.44. The Morgan fingerprint density at radius 2 is 1.95 bits per heavy atom. The average Bonchev–Trinajstić information content (AvgIpc) is 3.27. The fourth-order valence-corrected chi connectivity index (χ4v) is 5.92. The van der Waals surface area contributed by atoms with Gasteiger partial charge in [-0.15, -0.1) is 41.7 Å². The Morgan fingerprint density at radius 3 is 2.61 bits per heavy atom. The van der Waals surface area contributed by atoms with E-state index < -0.39 is 24.5 Å². The molecule has 2 unspecified atom stereocenters. The number of tetrazole rings is 1. The first-order chi connectivity index (χ1) is 17.1. The molecule has 17 heteroatoms. The number of esters is 1. The summed E-state index contributed by atoms with van der Waals surface area (Å²) in [5.41, 5.74) is 6.74. The van der Waals surface area contributed by atoms with E-state index in [0.717, 1.165) is 13.0 Å². The summed E-state index contributed by atoms with van der Waals surface area (Å²) < 4.78 is 17.3. The summed E-state index contributed by atoms with van der Waals surface area (Å²) in [5, 5.41) is 12.1. The lowest BCUT2D eigenvalue weighted by Gasteiger charge is -2.48. The summed E-state index contributed by atoms with van der Waals surface area (Å²) in [6.45, 7) is 6.51. The molecule has 0 spiro atoms. The summed E-state index contributed by atoms with van der Waals surface area (Å²) in [5.74, 6) is -0.300. The molecule has 1 amide bonds. The van der Waals surface area contributed by atoms with Crippen molar-refractivity contribution in [2.45, 2.75) is 69.1 Å². The van der Waals surface area contributed by atoms with Crippen LogP contribution in [0.4, 0.5) is 4.79 Å². The number of thioether (sulfide) groups is 2. The number of likely N-dealkylation sites (N-methyl/N-ethyl adjacent to an activating group) is 1. The summed E-state index contributed by atoms with van der Waals surface area (Å²) in [7, 11) is 3.92. The molecule has 13 nitrogen and oxygen atoms in total. The molecule has 1 fully saturated rings. The fourth-order valence-electron chi connectivity index (χ4n) is 3.59. The van der Waals surface area contributed by atoms with Crippen molar-refractivity contribution in [2.75, 3.05) is 32.1 Å². The zero-order valence-electron chi connectivity index (χ0n) is 21.9. The molecule has 0 saturated carbocycles. The summed E-state index contributed by atoms with van der Waals surface area (Å²) in [4.78, 5) is 41.1. The normalized spacial score (nSPS) is 20.0. The van der Waals surface area contributed by atoms with Gasteiger partial charge in [-0.05, 0) is 43.4 Å². The largest absolute Gasteiger partial charge is 0.511 e. The Morgan fingerprint density at radius 1 is 1.24 bits per heavy atom. The van der Waals surface area contributed by atoms with Gasteiger partial charge < -0.3 is 24.8 Å². The van der Waals surface area contributed by atoms with Crippen molar-refractivity contribution in [3.8, 4) is 0 Å². The van der Waals surface area contributed by atoms with Gasteiger partial charge in [0.15, 0.2) is 0 Å². The Kier molecular flexibility index (Phi) is 14.2. The summed E-state index contributed by atoms with van der Waals surface area (Å²) in [6, 6.07) is -0.686. The zero-order valence-corrected chi connectivity index (χ0v) is 25.2. The van der Waals surface area contributed by atoms with Gasteiger partial charge in [0.2, 0.25) is 17.4 Å². The van der Waals surface area contributed by atoms with Gasteiger partial charge in [0.25, 0.3) is 0 Å². The second-order valence-electron chi connectivity index (χ2n) is 8.72. The number of hydrogen-bond donors (Lipinski definition) is 1. The molecule has 3 heterocycles. The van der Waals surface area contributed by atoms with Crippen molar-refractivity contribution in [1.29, 1.82) is 0 Å². The van der Waals surface area contributed by atoms with E-state index in [1.807, 2.05) is 25.9 Å². The highest BCUT2D eigenvalue weighted by molar-refractivity contribution is 8.01. The van der Waals surface area contributed by atoms with Crippen molar-refractivity contribution >= 4 is 66.4 Å². The Hall–Kier alpha value is -1.78. The molecule has 0 aromatic carbocycles. The van der Waals surface area contributed by atoms with Gasteiger partial charge in [0, 0.05) is 25.0 Å². The molecule has 0 radical (unpaired) electrons. The number of carbonyl (C=O) groups excluding carboxylic acids is 3. The molecular formula is C21H35Cl2N7O6S2.